The van der Waals surface area contributed by atoms with Gasteiger partial charge in [-0.1, -0.05) is 36.8 Å². The van der Waals surface area contributed by atoms with E-state index in [1.165, 1.54) is 0 Å². The molecule has 1 N–H and O–H groups in total. The average Bonchev–Trinajstić information content (AvgIpc) is 2.35. The summed E-state index contributed by atoms with van der Waals surface area (Å²) in [6.45, 7) is 11.1. The maximum absolute atomic E-state index is 12.2. The molecule has 3 nitrogen and oxygen atoms in total. The number of aliphatic hydroxyl groups is 1. The maximum atomic E-state index is 12.2. The van der Waals surface area contributed by atoms with Gasteiger partial charge in [0.05, 0.1) is 5.92 Å². The van der Waals surface area contributed by atoms with Crippen molar-refractivity contribution >= 4 is 5.97 Å². The van der Waals surface area contributed by atoms with Gasteiger partial charge in [-0.2, -0.15) is 0 Å². The van der Waals surface area contributed by atoms with Gasteiger partial charge in [0.25, 0.3) is 0 Å². The smallest absolute Gasteiger partial charge is 0.312 e. The van der Waals surface area contributed by atoms with Crippen molar-refractivity contribution in [3.63, 3.8) is 0 Å². The molecule has 2 unspecified atom stereocenters. The number of carbonyl (C=O) groups is 1. The number of benzene rings is 1. The second kappa shape index (κ2) is 5.96. The summed E-state index contributed by atoms with van der Waals surface area (Å²) in [5.74, 6) is -0.989. The second-order valence-corrected chi connectivity index (χ2v) is 6.40. The Hall–Kier alpha value is -1.35. The summed E-state index contributed by atoms with van der Waals surface area (Å²) >= 11 is 0. The van der Waals surface area contributed by atoms with E-state index in [2.05, 4.69) is 0 Å². The van der Waals surface area contributed by atoms with Crippen molar-refractivity contribution in [3.8, 4) is 0 Å². The lowest BCUT2D eigenvalue weighted by Gasteiger charge is -2.34. The fourth-order valence-electron chi connectivity index (χ4n) is 2.19. The van der Waals surface area contributed by atoms with Crippen molar-refractivity contribution in [3.05, 3.63) is 35.4 Å². The molecule has 0 aromatic heterocycles. The minimum absolute atomic E-state index is 0.373. The highest BCUT2D eigenvalue weighted by atomic mass is 16.6. The molecule has 2 atom stereocenters. The predicted octanol–water partition coefficient (Wildman–Crippen LogP) is 3.57. The molecule has 112 valence electrons. The van der Waals surface area contributed by atoms with E-state index in [1.807, 2.05) is 58.9 Å². The molecule has 0 amide bonds. The zero-order chi connectivity index (χ0) is 15.6. The van der Waals surface area contributed by atoms with Gasteiger partial charge >= 0.3 is 5.97 Å². The molecule has 0 aliphatic carbocycles. The van der Waals surface area contributed by atoms with Crippen LogP contribution in [0.25, 0.3) is 0 Å². The van der Waals surface area contributed by atoms with E-state index in [0.29, 0.717) is 6.42 Å². The second-order valence-electron chi connectivity index (χ2n) is 6.40. The van der Waals surface area contributed by atoms with Gasteiger partial charge < -0.3 is 9.84 Å². The Labute approximate surface area is 122 Å². The third-order valence-electron chi connectivity index (χ3n) is 3.57. The van der Waals surface area contributed by atoms with E-state index >= 15 is 0 Å². The number of rotatable bonds is 4. The molecule has 0 aliphatic rings. The largest absolute Gasteiger partial charge is 0.460 e. The van der Waals surface area contributed by atoms with Crippen molar-refractivity contribution in [2.24, 2.45) is 5.92 Å². The van der Waals surface area contributed by atoms with Crippen LogP contribution in [0.1, 0.15) is 52.2 Å². The van der Waals surface area contributed by atoms with Gasteiger partial charge in [0, 0.05) is 0 Å². The van der Waals surface area contributed by atoms with Crippen LogP contribution in [0.3, 0.4) is 0 Å². The summed E-state index contributed by atoms with van der Waals surface area (Å²) in [6.07, 6.45) is 0.455. The molecule has 3 heteroatoms. The molecular formula is C17H26O3. The van der Waals surface area contributed by atoms with Crippen LogP contribution in [0.5, 0.6) is 0 Å². The molecular weight excluding hydrogens is 252 g/mol. The van der Waals surface area contributed by atoms with Crippen LogP contribution in [-0.4, -0.2) is 16.7 Å². The fraction of sp³-hybridized carbons (Fsp3) is 0.588. The zero-order valence-electron chi connectivity index (χ0n) is 13.4. The molecule has 20 heavy (non-hydrogen) atoms. The fourth-order valence-corrected chi connectivity index (χ4v) is 2.19. The summed E-state index contributed by atoms with van der Waals surface area (Å²) in [6, 6.07) is 7.63. The van der Waals surface area contributed by atoms with Crippen molar-refractivity contribution in [1.29, 1.82) is 0 Å². The molecule has 0 spiro atoms. The number of aryl methyl sites for hydroxylation is 1. The average molecular weight is 278 g/mol. The number of esters is 1. The van der Waals surface area contributed by atoms with Crippen molar-refractivity contribution < 1.29 is 14.6 Å². The van der Waals surface area contributed by atoms with Crippen LogP contribution < -0.4 is 0 Å². The lowest BCUT2D eigenvalue weighted by atomic mass is 9.80. The van der Waals surface area contributed by atoms with Crippen LogP contribution in [0.2, 0.25) is 0 Å². The molecule has 1 aromatic carbocycles. The Kier molecular flexibility index (Phi) is 4.98. The quantitative estimate of drug-likeness (QED) is 0.856. The summed E-state index contributed by atoms with van der Waals surface area (Å²) < 4.78 is 5.39. The van der Waals surface area contributed by atoms with Crippen molar-refractivity contribution in [2.45, 2.75) is 59.2 Å². The molecule has 0 bridgehead atoms. The molecule has 1 aromatic rings. The van der Waals surface area contributed by atoms with Gasteiger partial charge in [0.1, 0.15) is 11.2 Å². The van der Waals surface area contributed by atoms with Crippen LogP contribution in [0, 0.1) is 12.8 Å². The Morgan fingerprint density at radius 1 is 1.25 bits per heavy atom. The number of hydrogen-bond acceptors (Lipinski definition) is 3. The zero-order valence-corrected chi connectivity index (χ0v) is 13.4. The molecule has 0 fully saturated rings. The SMILES string of the molecule is CCC(O)(c1ccc(C)cc1)C(C)C(=O)OC(C)(C)C. The van der Waals surface area contributed by atoms with Gasteiger partial charge in [-0.15, -0.1) is 0 Å². The standard InChI is InChI=1S/C17H26O3/c1-7-17(19,14-10-8-12(2)9-11-14)13(3)15(18)20-16(4,5)6/h8-11,13,19H,7H2,1-6H3. The topological polar surface area (TPSA) is 46.5 Å². The molecule has 0 saturated carbocycles. The van der Waals surface area contributed by atoms with Gasteiger partial charge in [-0.3, -0.25) is 4.79 Å². The number of hydrogen-bond donors (Lipinski definition) is 1. The van der Waals surface area contributed by atoms with E-state index in [9.17, 15) is 9.90 Å². The maximum Gasteiger partial charge on any atom is 0.312 e. The van der Waals surface area contributed by atoms with Gasteiger partial charge in [0.2, 0.25) is 0 Å². The summed E-state index contributed by atoms with van der Waals surface area (Å²) in [5.41, 5.74) is 0.129. The highest BCUT2D eigenvalue weighted by molar-refractivity contribution is 5.74. The summed E-state index contributed by atoms with van der Waals surface area (Å²) in [7, 11) is 0. The lowest BCUT2D eigenvalue weighted by molar-refractivity contribution is -0.170. The predicted molar refractivity (Wildman–Crippen MR) is 80.4 cm³/mol. The van der Waals surface area contributed by atoms with Gasteiger partial charge in [-0.25, -0.2) is 0 Å². The first-order chi connectivity index (χ1) is 9.10. The van der Waals surface area contributed by atoms with Crippen molar-refractivity contribution in [1.82, 2.24) is 0 Å². The molecule has 0 radical (unpaired) electrons. The van der Waals surface area contributed by atoms with E-state index in [4.69, 9.17) is 4.74 Å². The molecule has 0 saturated heterocycles. The third-order valence-corrected chi connectivity index (χ3v) is 3.57. The van der Waals surface area contributed by atoms with Gasteiger partial charge in [0.15, 0.2) is 0 Å². The Bertz CT molecular complexity index is 456. The van der Waals surface area contributed by atoms with Crippen LogP contribution in [0.15, 0.2) is 24.3 Å². The number of carbonyl (C=O) groups excluding carboxylic acids is 1. The van der Waals surface area contributed by atoms with E-state index < -0.39 is 17.1 Å². The Morgan fingerprint density at radius 3 is 2.15 bits per heavy atom. The molecule has 0 heterocycles. The van der Waals surface area contributed by atoms with Gasteiger partial charge in [-0.05, 0) is 46.6 Å². The van der Waals surface area contributed by atoms with E-state index in [0.717, 1.165) is 11.1 Å². The minimum atomic E-state index is -1.20. The summed E-state index contributed by atoms with van der Waals surface area (Å²) in [5, 5.41) is 10.9. The first-order valence-electron chi connectivity index (χ1n) is 7.12. The highest BCUT2D eigenvalue weighted by Gasteiger charge is 2.40. The Balaban J connectivity index is 3.04. The van der Waals surface area contributed by atoms with Crippen LogP contribution >= 0.6 is 0 Å². The number of ether oxygens (including phenoxy) is 1. The normalized spacial score (nSPS) is 16.4. The first-order valence-corrected chi connectivity index (χ1v) is 7.12. The van der Waals surface area contributed by atoms with E-state index in [-0.39, 0.29) is 5.97 Å². The molecule has 1 rings (SSSR count). The molecule has 0 aliphatic heterocycles. The third kappa shape index (κ3) is 3.83. The van der Waals surface area contributed by atoms with Crippen LogP contribution in [0.4, 0.5) is 0 Å². The highest BCUT2D eigenvalue weighted by Crippen LogP contribution is 2.34. The summed E-state index contributed by atoms with van der Waals surface area (Å²) in [4.78, 5) is 12.2. The van der Waals surface area contributed by atoms with E-state index in [1.54, 1.807) is 6.92 Å². The minimum Gasteiger partial charge on any atom is -0.460 e. The van der Waals surface area contributed by atoms with Crippen LogP contribution in [-0.2, 0) is 15.1 Å². The first kappa shape index (κ1) is 16.7. The Morgan fingerprint density at radius 2 is 1.75 bits per heavy atom. The van der Waals surface area contributed by atoms with Crippen molar-refractivity contribution in [2.75, 3.05) is 0 Å². The lowest BCUT2D eigenvalue weighted by Crippen LogP contribution is -2.41. The monoisotopic (exact) mass is 278 g/mol.